The zero-order valence-corrected chi connectivity index (χ0v) is 20.4. The first-order chi connectivity index (χ1) is 13.2. The van der Waals surface area contributed by atoms with E-state index in [1.807, 2.05) is 11.3 Å². The second kappa shape index (κ2) is 10.1. The number of guanidine groups is 1. The summed E-state index contributed by atoms with van der Waals surface area (Å²) in [6.07, 6.45) is 5.58. The van der Waals surface area contributed by atoms with Crippen LogP contribution in [0.2, 0.25) is 0 Å². The molecule has 1 aromatic rings. The van der Waals surface area contributed by atoms with E-state index in [1.54, 1.807) is 0 Å². The van der Waals surface area contributed by atoms with E-state index in [1.165, 1.54) is 42.0 Å². The van der Waals surface area contributed by atoms with E-state index in [9.17, 15) is 0 Å². The van der Waals surface area contributed by atoms with Crippen molar-refractivity contribution in [3.05, 3.63) is 21.9 Å². The maximum atomic E-state index is 5.58. The first kappa shape index (κ1) is 22.3. The minimum absolute atomic E-state index is 0. The predicted octanol–water partition coefficient (Wildman–Crippen LogP) is 3.89. The first-order valence-corrected chi connectivity index (χ1v) is 11.4. The van der Waals surface area contributed by atoms with Crippen LogP contribution in [0.3, 0.4) is 0 Å². The van der Waals surface area contributed by atoms with Crippen LogP contribution in [0.5, 0.6) is 0 Å². The molecule has 2 saturated heterocycles. The average Bonchev–Trinajstić information content (AvgIpc) is 3.29. The number of hydrogen-bond donors (Lipinski definition) is 1. The van der Waals surface area contributed by atoms with Crippen LogP contribution in [-0.2, 0) is 4.74 Å². The number of aliphatic imine (C=N–C) groups is 1. The lowest BCUT2D eigenvalue weighted by Crippen LogP contribution is -2.44. The van der Waals surface area contributed by atoms with Gasteiger partial charge in [-0.3, -0.25) is 9.89 Å². The lowest BCUT2D eigenvalue weighted by atomic mass is 9.68. The molecule has 0 radical (unpaired) electrons. The van der Waals surface area contributed by atoms with Gasteiger partial charge in [0.15, 0.2) is 5.96 Å². The Kier molecular flexibility index (Phi) is 8.04. The molecule has 0 bridgehead atoms. The van der Waals surface area contributed by atoms with Crippen LogP contribution in [0.1, 0.15) is 48.4 Å². The van der Waals surface area contributed by atoms with Crippen molar-refractivity contribution in [1.82, 2.24) is 15.1 Å². The van der Waals surface area contributed by atoms with Gasteiger partial charge in [-0.15, -0.1) is 35.3 Å². The van der Waals surface area contributed by atoms with Gasteiger partial charge in [0.05, 0.1) is 25.8 Å². The molecule has 7 heteroatoms. The Morgan fingerprint density at radius 3 is 2.61 bits per heavy atom. The van der Waals surface area contributed by atoms with Gasteiger partial charge < -0.3 is 15.0 Å². The lowest BCUT2D eigenvalue weighted by Gasteiger charge is -2.38. The molecule has 1 aliphatic carbocycles. The third-order valence-corrected chi connectivity index (χ3v) is 7.58. The Labute approximate surface area is 190 Å². The van der Waals surface area contributed by atoms with E-state index in [-0.39, 0.29) is 24.0 Å². The van der Waals surface area contributed by atoms with Gasteiger partial charge in [0, 0.05) is 42.5 Å². The molecule has 0 aromatic carbocycles. The number of likely N-dealkylation sites (tertiary alicyclic amines) is 1. The molecule has 3 aliphatic rings. The molecule has 1 saturated carbocycles. The zero-order chi connectivity index (χ0) is 18.7. The summed E-state index contributed by atoms with van der Waals surface area (Å²) in [5, 5.41) is 3.56. The summed E-state index contributed by atoms with van der Waals surface area (Å²) in [5.41, 5.74) is 0.602. The number of thiophene rings is 1. The van der Waals surface area contributed by atoms with Crippen LogP contribution in [0.25, 0.3) is 0 Å². The van der Waals surface area contributed by atoms with Crippen molar-refractivity contribution in [2.75, 3.05) is 52.5 Å². The van der Waals surface area contributed by atoms with E-state index in [2.05, 4.69) is 41.1 Å². The Bertz CT molecular complexity index is 655. The number of ether oxygens (including phenoxy) is 1. The number of morpholine rings is 1. The number of rotatable bonds is 5. The van der Waals surface area contributed by atoms with Crippen LogP contribution in [0, 0.1) is 12.3 Å². The van der Waals surface area contributed by atoms with E-state index in [4.69, 9.17) is 9.73 Å². The SMILES string of the molecule is CCNC(=NCC(c1ccc(C)s1)N1CCOCC1)N1CCC2(CCC2)C1.I. The molecule has 3 heterocycles. The minimum Gasteiger partial charge on any atom is -0.379 e. The summed E-state index contributed by atoms with van der Waals surface area (Å²) >= 11 is 1.91. The fourth-order valence-corrected chi connectivity index (χ4v) is 5.71. The summed E-state index contributed by atoms with van der Waals surface area (Å²) in [5.74, 6) is 1.12. The van der Waals surface area contributed by atoms with Crippen molar-refractivity contribution >= 4 is 41.3 Å². The summed E-state index contributed by atoms with van der Waals surface area (Å²) in [6, 6.07) is 4.90. The van der Waals surface area contributed by atoms with Crippen molar-refractivity contribution in [3.8, 4) is 0 Å². The van der Waals surface area contributed by atoms with Gasteiger partial charge in [0.2, 0.25) is 0 Å². The third-order valence-electron chi connectivity index (χ3n) is 6.48. The van der Waals surface area contributed by atoms with Crippen molar-refractivity contribution in [2.24, 2.45) is 10.4 Å². The molecular weight excluding hydrogens is 483 g/mol. The highest BCUT2D eigenvalue weighted by atomic mass is 127. The van der Waals surface area contributed by atoms with Crippen LogP contribution >= 0.6 is 35.3 Å². The fourth-order valence-electron chi connectivity index (χ4n) is 4.71. The Morgan fingerprint density at radius 1 is 1.25 bits per heavy atom. The molecule has 1 spiro atoms. The molecule has 158 valence electrons. The summed E-state index contributed by atoms with van der Waals surface area (Å²) < 4.78 is 5.58. The van der Waals surface area contributed by atoms with Gasteiger partial charge in [-0.05, 0) is 50.7 Å². The Balaban J connectivity index is 0.00000225. The summed E-state index contributed by atoms with van der Waals surface area (Å²) in [6.45, 7) is 12.1. The summed E-state index contributed by atoms with van der Waals surface area (Å²) in [7, 11) is 0. The highest BCUT2D eigenvalue weighted by molar-refractivity contribution is 14.0. The van der Waals surface area contributed by atoms with Crippen molar-refractivity contribution in [2.45, 2.75) is 45.6 Å². The van der Waals surface area contributed by atoms with Crippen LogP contribution in [0.4, 0.5) is 0 Å². The normalized spacial score (nSPS) is 23.4. The van der Waals surface area contributed by atoms with Crippen LogP contribution < -0.4 is 5.32 Å². The molecular formula is C21H35IN4OS. The molecule has 5 nitrogen and oxygen atoms in total. The third kappa shape index (κ3) is 5.02. The van der Waals surface area contributed by atoms with Crippen LogP contribution in [0.15, 0.2) is 17.1 Å². The Hall–Kier alpha value is -0.380. The monoisotopic (exact) mass is 518 g/mol. The fraction of sp³-hybridized carbons (Fsp3) is 0.762. The molecule has 0 amide bonds. The molecule has 1 N–H and O–H groups in total. The standard InChI is InChI=1S/C21H34N4OS.HI/c1-3-22-20(25-10-9-21(16-25)7-4-8-21)23-15-18(19-6-5-17(2)27-19)24-11-13-26-14-12-24;/h5-6,18H,3-4,7-16H2,1-2H3,(H,22,23);1H. The van der Waals surface area contributed by atoms with Gasteiger partial charge in [-0.1, -0.05) is 6.42 Å². The zero-order valence-electron chi connectivity index (χ0n) is 17.3. The number of halogens is 1. The van der Waals surface area contributed by atoms with Crippen molar-refractivity contribution in [3.63, 3.8) is 0 Å². The maximum absolute atomic E-state index is 5.58. The highest BCUT2D eigenvalue weighted by Crippen LogP contribution is 2.47. The number of nitrogens with one attached hydrogen (secondary N) is 1. The van der Waals surface area contributed by atoms with Gasteiger partial charge in [-0.25, -0.2) is 0 Å². The number of hydrogen-bond acceptors (Lipinski definition) is 4. The maximum Gasteiger partial charge on any atom is 0.194 e. The quantitative estimate of drug-likeness (QED) is 0.365. The van der Waals surface area contributed by atoms with Crippen LogP contribution in [-0.4, -0.2) is 68.2 Å². The first-order valence-electron chi connectivity index (χ1n) is 10.6. The topological polar surface area (TPSA) is 40.1 Å². The van der Waals surface area contributed by atoms with E-state index in [0.29, 0.717) is 11.5 Å². The predicted molar refractivity (Wildman–Crippen MR) is 128 cm³/mol. The highest BCUT2D eigenvalue weighted by Gasteiger charge is 2.43. The van der Waals surface area contributed by atoms with Gasteiger partial charge in [-0.2, -0.15) is 0 Å². The average molecular weight is 519 g/mol. The second-order valence-corrected chi connectivity index (χ2v) is 9.65. The summed E-state index contributed by atoms with van der Waals surface area (Å²) in [4.78, 5) is 13.0. The smallest absolute Gasteiger partial charge is 0.194 e. The van der Waals surface area contributed by atoms with Gasteiger partial charge in [0.25, 0.3) is 0 Å². The largest absolute Gasteiger partial charge is 0.379 e. The molecule has 2 aliphatic heterocycles. The molecule has 1 atom stereocenters. The number of aryl methyl sites for hydroxylation is 1. The van der Waals surface area contributed by atoms with Crippen molar-refractivity contribution in [1.29, 1.82) is 0 Å². The Morgan fingerprint density at radius 2 is 2.04 bits per heavy atom. The van der Waals surface area contributed by atoms with E-state index in [0.717, 1.165) is 51.9 Å². The molecule has 1 unspecified atom stereocenters. The van der Waals surface area contributed by atoms with Gasteiger partial charge >= 0.3 is 0 Å². The minimum atomic E-state index is 0. The van der Waals surface area contributed by atoms with Crippen molar-refractivity contribution < 1.29 is 4.74 Å². The molecule has 1 aromatic heterocycles. The molecule has 4 rings (SSSR count). The van der Waals surface area contributed by atoms with E-state index < -0.39 is 0 Å². The number of nitrogens with zero attached hydrogens (tertiary/aromatic N) is 3. The molecule has 3 fully saturated rings. The lowest BCUT2D eigenvalue weighted by molar-refractivity contribution is 0.0186. The second-order valence-electron chi connectivity index (χ2n) is 8.33. The van der Waals surface area contributed by atoms with E-state index >= 15 is 0 Å². The molecule has 28 heavy (non-hydrogen) atoms. The van der Waals surface area contributed by atoms with Gasteiger partial charge in [0.1, 0.15) is 0 Å².